The molecule has 3 aromatic rings. The predicted molar refractivity (Wildman–Crippen MR) is 106 cm³/mol. The molecule has 3 rings (SSSR count). The van der Waals surface area contributed by atoms with Gasteiger partial charge in [0.2, 0.25) is 0 Å². The molecule has 0 bridgehead atoms. The number of ether oxygens (including phenoxy) is 1. The van der Waals surface area contributed by atoms with E-state index in [0.29, 0.717) is 6.61 Å². The predicted octanol–water partition coefficient (Wildman–Crippen LogP) is 5.16. The summed E-state index contributed by atoms with van der Waals surface area (Å²) in [6, 6.07) is 31.1. The lowest BCUT2D eigenvalue weighted by Gasteiger charge is -2.36. The summed E-state index contributed by atoms with van der Waals surface area (Å²) in [7, 11) is 0. The normalized spacial score (nSPS) is 12.7. The highest BCUT2D eigenvalue weighted by Gasteiger charge is 2.37. The average molecular weight is 346 g/mol. The SMILES string of the molecule is C[C@@H](O)CCCOC(c1ccccc1)(c1ccccc1)c1ccccc1. The average Bonchev–Trinajstić information content (AvgIpc) is 2.70. The molecule has 0 saturated heterocycles. The molecular weight excluding hydrogens is 320 g/mol. The van der Waals surface area contributed by atoms with Crippen LogP contribution in [-0.4, -0.2) is 17.8 Å². The standard InChI is InChI=1S/C24H26O2/c1-20(25)12-11-19-26-24(21-13-5-2-6-14-21,22-15-7-3-8-16-22)23-17-9-4-10-18-23/h2-10,13-18,20,25H,11-12,19H2,1H3/t20-/m1/s1. The Bertz CT molecular complexity index is 670. The summed E-state index contributed by atoms with van der Waals surface area (Å²) in [6.07, 6.45) is 1.23. The molecule has 2 nitrogen and oxygen atoms in total. The Hall–Kier alpha value is -2.42. The number of hydrogen-bond donors (Lipinski definition) is 1. The van der Waals surface area contributed by atoms with Crippen LogP contribution in [-0.2, 0) is 10.3 Å². The molecule has 3 aromatic carbocycles. The molecule has 0 fully saturated rings. The minimum Gasteiger partial charge on any atom is -0.393 e. The first-order valence-corrected chi connectivity index (χ1v) is 9.22. The number of aliphatic hydroxyl groups excluding tert-OH is 1. The van der Waals surface area contributed by atoms with Crippen molar-refractivity contribution in [1.82, 2.24) is 0 Å². The van der Waals surface area contributed by atoms with Gasteiger partial charge in [0.25, 0.3) is 0 Å². The van der Waals surface area contributed by atoms with Gasteiger partial charge in [-0.15, -0.1) is 0 Å². The third-order valence-electron chi connectivity index (χ3n) is 4.63. The van der Waals surface area contributed by atoms with Crippen LogP contribution in [0.2, 0.25) is 0 Å². The van der Waals surface area contributed by atoms with Crippen molar-refractivity contribution in [2.24, 2.45) is 0 Å². The van der Waals surface area contributed by atoms with Gasteiger partial charge in [0, 0.05) is 6.61 Å². The summed E-state index contributed by atoms with van der Waals surface area (Å²) in [5.41, 5.74) is 2.65. The zero-order valence-corrected chi connectivity index (χ0v) is 15.2. The van der Waals surface area contributed by atoms with Gasteiger partial charge in [0.15, 0.2) is 0 Å². The lowest BCUT2D eigenvalue weighted by Crippen LogP contribution is -2.33. The summed E-state index contributed by atoms with van der Waals surface area (Å²) < 4.78 is 6.63. The molecule has 134 valence electrons. The smallest absolute Gasteiger partial charge is 0.143 e. The topological polar surface area (TPSA) is 29.5 Å². The second-order valence-corrected chi connectivity index (χ2v) is 6.62. The molecule has 0 amide bonds. The van der Waals surface area contributed by atoms with E-state index < -0.39 is 5.60 Å². The Morgan fingerprint density at radius 2 is 1.12 bits per heavy atom. The molecule has 0 aromatic heterocycles. The van der Waals surface area contributed by atoms with Gasteiger partial charge in [-0.2, -0.15) is 0 Å². The minimum atomic E-state index is -0.664. The molecule has 1 N–H and O–H groups in total. The van der Waals surface area contributed by atoms with Crippen molar-refractivity contribution in [2.75, 3.05) is 6.61 Å². The molecule has 0 aliphatic carbocycles. The lowest BCUT2D eigenvalue weighted by atomic mass is 9.80. The van der Waals surface area contributed by atoms with Crippen molar-refractivity contribution in [3.8, 4) is 0 Å². The van der Waals surface area contributed by atoms with Crippen LogP contribution < -0.4 is 0 Å². The van der Waals surface area contributed by atoms with Crippen LogP contribution in [0.1, 0.15) is 36.5 Å². The maximum atomic E-state index is 9.58. The fourth-order valence-corrected chi connectivity index (χ4v) is 3.37. The first kappa shape index (κ1) is 18.4. The van der Waals surface area contributed by atoms with Crippen molar-refractivity contribution in [1.29, 1.82) is 0 Å². The van der Waals surface area contributed by atoms with Gasteiger partial charge in [-0.3, -0.25) is 0 Å². The summed E-state index contributed by atoms with van der Waals surface area (Å²) in [5.74, 6) is 0. The fourth-order valence-electron chi connectivity index (χ4n) is 3.37. The van der Waals surface area contributed by atoms with Crippen LogP contribution in [0.25, 0.3) is 0 Å². The second-order valence-electron chi connectivity index (χ2n) is 6.62. The van der Waals surface area contributed by atoms with Crippen LogP contribution in [0.5, 0.6) is 0 Å². The van der Waals surface area contributed by atoms with E-state index in [4.69, 9.17) is 4.74 Å². The lowest BCUT2D eigenvalue weighted by molar-refractivity contribution is 0.00672. The minimum absolute atomic E-state index is 0.307. The van der Waals surface area contributed by atoms with E-state index in [1.165, 1.54) is 0 Å². The Morgan fingerprint density at radius 3 is 1.46 bits per heavy atom. The van der Waals surface area contributed by atoms with Gasteiger partial charge in [-0.25, -0.2) is 0 Å². The van der Waals surface area contributed by atoms with Crippen molar-refractivity contribution in [3.63, 3.8) is 0 Å². The van der Waals surface area contributed by atoms with E-state index in [0.717, 1.165) is 29.5 Å². The summed E-state index contributed by atoms with van der Waals surface area (Å²) in [5, 5.41) is 9.58. The van der Waals surface area contributed by atoms with Crippen LogP contribution >= 0.6 is 0 Å². The third kappa shape index (κ3) is 4.04. The third-order valence-corrected chi connectivity index (χ3v) is 4.63. The first-order valence-electron chi connectivity index (χ1n) is 9.22. The Morgan fingerprint density at radius 1 is 0.731 bits per heavy atom. The van der Waals surface area contributed by atoms with Crippen LogP contribution in [0.3, 0.4) is 0 Å². The van der Waals surface area contributed by atoms with Gasteiger partial charge in [-0.1, -0.05) is 91.0 Å². The Balaban J connectivity index is 2.09. The molecule has 2 heteroatoms. The van der Waals surface area contributed by atoms with Crippen molar-refractivity contribution < 1.29 is 9.84 Å². The number of hydrogen-bond acceptors (Lipinski definition) is 2. The van der Waals surface area contributed by atoms with Crippen LogP contribution in [0.4, 0.5) is 0 Å². The highest BCUT2D eigenvalue weighted by molar-refractivity contribution is 5.47. The largest absolute Gasteiger partial charge is 0.393 e. The molecule has 0 unspecified atom stereocenters. The molecule has 26 heavy (non-hydrogen) atoms. The van der Waals surface area contributed by atoms with E-state index in [1.807, 2.05) is 25.1 Å². The monoisotopic (exact) mass is 346 g/mol. The molecule has 0 spiro atoms. The zero-order chi connectivity index (χ0) is 18.2. The van der Waals surface area contributed by atoms with Gasteiger partial charge in [0.1, 0.15) is 5.60 Å². The van der Waals surface area contributed by atoms with Crippen LogP contribution in [0.15, 0.2) is 91.0 Å². The molecule has 0 aliphatic rings. The molecule has 1 atom stereocenters. The van der Waals surface area contributed by atoms with Crippen molar-refractivity contribution >= 4 is 0 Å². The second kappa shape index (κ2) is 8.79. The fraction of sp³-hybridized carbons (Fsp3) is 0.250. The highest BCUT2D eigenvalue weighted by atomic mass is 16.5. The van der Waals surface area contributed by atoms with Gasteiger partial charge in [0.05, 0.1) is 6.10 Å². The quantitative estimate of drug-likeness (QED) is 0.451. The molecule has 0 heterocycles. The summed E-state index contributed by atoms with van der Waals surface area (Å²) >= 11 is 0. The summed E-state index contributed by atoms with van der Waals surface area (Å²) in [4.78, 5) is 0. The molecule has 0 aliphatic heterocycles. The van der Waals surface area contributed by atoms with Gasteiger partial charge < -0.3 is 9.84 Å². The Kier molecular flexibility index (Phi) is 6.21. The van der Waals surface area contributed by atoms with Gasteiger partial charge in [-0.05, 0) is 36.5 Å². The van der Waals surface area contributed by atoms with Crippen molar-refractivity contribution in [2.45, 2.75) is 31.5 Å². The van der Waals surface area contributed by atoms with E-state index in [2.05, 4.69) is 72.8 Å². The number of benzene rings is 3. The molecular formula is C24H26O2. The molecule has 0 saturated carbocycles. The highest BCUT2D eigenvalue weighted by Crippen LogP contribution is 2.40. The number of rotatable bonds is 8. The Labute approximate surface area is 156 Å². The maximum Gasteiger partial charge on any atom is 0.143 e. The number of aliphatic hydroxyl groups is 1. The first-order chi connectivity index (χ1) is 12.7. The maximum absolute atomic E-state index is 9.58. The van der Waals surface area contributed by atoms with E-state index in [1.54, 1.807) is 0 Å². The van der Waals surface area contributed by atoms with E-state index in [9.17, 15) is 5.11 Å². The van der Waals surface area contributed by atoms with Crippen molar-refractivity contribution in [3.05, 3.63) is 108 Å². The van der Waals surface area contributed by atoms with E-state index >= 15 is 0 Å². The van der Waals surface area contributed by atoms with E-state index in [-0.39, 0.29) is 6.10 Å². The van der Waals surface area contributed by atoms with Gasteiger partial charge >= 0.3 is 0 Å². The van der Waals surface area contributed by atoms with Crippen LogP contribution in [0, 0.1) is 0 Å². The molecule has 0 radical (unpaired) electrons. The zero-order valence-electron chi connectivity index (χ0n) is 15.2. The summed E-state index contributed by atoms with van der Waals surface area (Å²) in [6.45, 7) is 2.39.